The van der Waals surface area contributed by atoms with Gasteiger partial charge in [0.05, 0.1) is 18.4 Å². The van der Waals surface area contributed by atoms with Gasteiger partial charge < -0.3 is 9.47 Å². The van der Waals surface area contributed by atoms with Crippen molar-refractivity contribution in [3.63, 3.8) is 0 Å². The molecule has 0 fully saturated rings. The summed E-state index contributed by atoms with van der Waals surface area (Å²) in [4.78, 5) is 12.5. The van der Waals surface area contributed by atoms with Crippen LogP contribution in [0.1, 0.15) is 34.1 Å². The van der Waals surface area contributed by atoms with Gasteiger partial charge >= 0.3 is 0 Å². The summed E-state index contributed by atoms with van der Waals surface area (Å²) >= 11 is 0. The largest absolute Gasteiger partial charge is 0.496 e. The van der Waals surface area contributed by atoms with Crippen LogP contribution in [0.5, 0.6) is 11.5 Å². The minimum Gasteiger partial charge on any atom is -0.496 e. The van der Waals surface area contributed by atoms with Crippen molar-refractivity contribution in [2.75, 3.05) is 7.11 Å². The zero-order valence-corrected chi connectivity index (χ0v) is 17.9. The van der Waals surface area contributed by atoms with Crippen LogP contribution in [0.15, 0.2) is 30.5 Å². The molecule has 3 aromatic rings. The average molecular weight is 466 g/mol. The van der Waals surface area contributed by atoms with E-state index >= 15 is 0 Å². The van der Waals surface area contributed by atoms with Crippen LogP contribution in [0.3, 0.4) is 0 Å². The molecule has 0 saturated carbocycles. The fourth-order valence-corrected chi connectivity index (χ4v) is 3.06. The third-order valence-electron chi connectivity index (χ3n) is 4.81. The van der Waals surface area contributed by atoms with Gasteiger partial charge in [0.15, 0.2) is 11.5 Å². The molecule has 1 aromatic heterocycles. The molecule has 1 heterocycles. The first-order valence-corrected chi connectivity index (χ1v) is 9.75. The van der Waals surface area contributed by atoms with Crippen molar-refractivity contribution in [3.05, 3.63) is 81.9 Å². The van der Waals surface area contributed by atoms with E-state index in [1.165, 1.54) is 31.4 Å². The topological polar surface area (TPSA) is 53.4 Å². The van der Waals surface area contributed by atoms with Gasteiger partial charge in [-0.2, -0.15) is 13.9 Å². The number of allylic oxidation sites excluding steroid dienone is 1. The number of halogens is 5. The molecule has 174 valence electrons. The highest BCUT2D eigenvalue weighted by molar-refractivity contribution is 6.07. The summed E-state index contributed by atoms with van der Waals surface area (Å²) in [5, 5.41) is 4.22. The van der Waals surface area contributed by atoms with Gasteiger partial charge in [-0.1, -0.05) is 12.1 Å². The predicted octanol–water partition coefficient (Wildman–Crippen LogP) is 5.39. The van der Waals surface area contributed by atoms with Gasteiger partial charge in [0.25, 0.3) is 0 Å². The van der Waals surface area contributed by atoms with Crippen LogP contribution in [0.25, 0.3) is 6.08 Å². The molecule has 0 bridgehead atoms. The third kappa shape index (κ3) is 4.89. The van der Waals surface area contributed by atoms with Gasteiger partial charge in [0, 0.05) is 18.3 Å². The molecule has 0 amide bonds. The summed E-state index contributed by atoms with van der Waals surface area (Å²) in [6.45, 7) is 3.67. The van der Waals surface area contributed by atoms with E-state index in [4.69, 9.17) is 9.47 Å². The number of aromatic nitrogens is 2. The van der Waals surface area contributed by atoms with Crippen LogP contribution >= 0.6 is 0 Å². The summed E-state index contributed by atoms with van der Waals surface area (Å²) in [5.41, 5.74) is 1.79. The number of aryl methyl sites for hydroxylation is 2. The second kappa shape index (κ2) is 9.85. The molecule has 0 unspecified atom stereocenters. The number of ketones is 1. The van der Waals surface area contributed by atoms with Gasteiger partial charge in [-0.15, -0.1) is 0 Å². The molecule has 0 spiro atoms. The van der Waals surface area contributed by atoms with Crippen molar-refractivity contribution >= 4 is 11.9 Å². The minimum atomic E-state index is -2.27. The predicted molar refractivity (Wildman–Crippen MR) is 110 cm³/mol. The maximum absolute atomic E-state index is 13.9. The number of ether oxygens (including phenoxy) is 2. The van der Waals surface area contributed by atoms with E-state index in [0.29, 0.717) is 23.4 Å². The molecule has 33 heavy (non-hydrogen) atoms. The summed E-state index contributed by atoms with van der Waals surface area (Å²) in [6.07, 6.45) is 4.48. The zero-order chi connectivity index (χ0) is 24.3. The number of methoxy groups -OCH3 is 1. The van der Waals surface area contributed by atoms with E-state index in [0.717, 1.165) is 0 Å². The second-order valence-electron chi connectivity index (χ2n) is 6.94. The number of hydrogen-bond donors (Lipinski definition) is 0. The molecule has 0 radical (unpaired) electrons. The highest BCUT2D eigenvalue weighted by Crippen LogP contribution is 2.31. The second-order valence-corrected chi connectivity index (χ2v) is 6.94. The molecule has 5 nitrogen and oxygen atoms in total. The van der Waals surface area contributed by atoms with Crippen LogP contribution in [0, 0.1) is 36.0 Å². The Balaban J connectivity index is 1.84. The fraction of sp³-hybridized carbons (Fsp3) is 0.217. The van der Waals surface area contributed by atoms with Crippen molar-refractivity contribution in [1.29, 1.82) is 0 Å². The first kappa shape index (κ1) is 24.0. The molecule has 10 heteroatoms. The Bertz CT molecular complexity index is 1210. The standard InChI is InChI=1S/C23H19F5N2O3/c1-4-30-10-15(12(2)29-30)16(31)7-5-13-6-8-17(32-3)14(9-13)11-33-23-21(27)19(25)18(24)20(26)22(23)28/h5-10H,4,11H2,1-3H3/b7-5+. The Morgan fingerprint density at radius 3 is 2.27 bits per heavy atom. The maximum atomic E-state index is 13.9. The van der Waals surface area contributed by atoms with E-state index < -0.39 is 41.4 Å². The Hall–Kier alpha value is -3.69. The van der Waals surface area contributed by atoms with E-state index in [9.17, 15) is 26.7 Å². The molecule has 0 aliphatic rings. The lowest BCUT2D eigenvalue weighted by atomic mass is 10.1. The first-order chi connectivity index (χ1) is 15.7. The van der Waals surface area contributed by atoms with Crippen molar-refractivity contribution in [3.8, 4) is 11.5 Å². The molecule has 0 N–H and O–H groups in total. The number of benzene rings is 2. The van der Waals surface area contributed by atoms with Crippen LogP contribution in [-0.4, -0.2) is 22.7 Å². The van der Waals surface area contributed by atoms with E-state index in [2.05, 4.69) is 5.10 Å². The Kier molecular flexibility index (Phi) is 7.15. The highest BCUT2D eigenvalue weighted by atomic mass is 19.2. The lowest BCUT2D eigenvalue weighted by Gasteiger charge is -2.13. The van der Waals surface area contributed by atoms with Crippen LogP contribution in [0.4, 0.5) is 22.0 Å². The van der Waals surface area contributed by atoms with E-state index in [-0.39, 0.29) is 17.1 Å². The Labute approximate surface area is 186 Å². The normalized spacial score (nSPS) is 11.3. The quantitative estimate of drug-likeness (QED) is 0.147. The summed E-state index contributed by atoms with van der Waals surface area (Å²) in [6, 6.07) is 4.63. The Morgan fingerprint density at radius 2 is 1.70 bits per heavy atom. The molecule has 0 aliphatic carbocycles. The molecule has 3 rings (SSSR count). The fourth-order valence-electron chi connectivity index (χ4n) is 3.06. The van der Waals surface area contributed by atoms with E-state index in [1.54, 1.807) is 23.9 Å². The summed E-state index contributed by atoms with van der Waals surface area (Å²) in [7, 11) is 1.34. The van der Waals surface area contributed by atoms with Crippen molar-refractivity contribution in [2.24, 2.45) is 0 Å². The summed E-state index contributed by atoms with van der Waals surface area (Å²) in [5.74, 6) is -12.0. The lowest BCUT2D eigenvalue weighted by molar-refractivity contribution is 0.104. The minimum absolute atomic E-state index is 0.252. The van der Waals surface area contributed by atoms with E-state index in [1.807, 2.05) is 6.92 Å². The van der Waals surface area contributed by atoms with Gasteiger partial charge in [0.2, 0.25) is 29.1 Å². The van der Waals surface area contributed by atoms with Gasteiger partial charge in [-0.05, 0) is 37.6 Å². The van der Waals surface area contributed by atoms with Crippen LogP contribution in [0.2, 0.25) is 0 Å². The molecular formula is C23H19F5N2O3. The van der Waals surface area contributed by atoms with Gasteiger partial charge in [-0.25, -0.2) is 13.2 Å². The molecule has 0 atom stereocenters. The molecule has 0 aliphatic heterocycles. The summed E-state index contributed by atoms with van der Waals surface area (Å²) < 4.78 is 79.4. The molecular weight excluding hydrogens is 447 g/mol. The lowest BCUT2D eigenvalue weighted by Crippen LogP contribution is -2.07. The highest BCUT2D eigenvalue weighted by Gasteiger charge is 2.27. The van der Waals surface area contributed by atoms with Gasteiger partial charge in [0.1, 0.15) is 12.4 Å². The zero-order valence-electron chi connectivity index (χ0n) is 17.9. The molecule has 2 aromatic carbocycles. The third-order valence-corrected chi connectivity index (χ3v) is 4.81. The van der Waals surface area contributed by atoms with Gasteiger partial charge in [-0.3, -0.25) is 9.48 Å². The van der Waals surface area contributed by atoms with Crippen molar-refractivity contribution in [2.45, 2.75) is 27.0 Å². The first-order valence-electron chi connectivity index (χ1n) is 9.75. The average Bonchev–Trinajstić information content (AvgIpc) is 3.20. The molecule has 0 saturated heterocycles. The number of carbonyl (C=O) groups is 1. The van der Waals surface area contributed by atoms with Crippen molar-refractivity contribution in [1.82, 2.24) is 9.78 Å². The number of nitrogens with zero attached hydrogens (tertiary/aromatic N) is 2. The Morgan fingerprint density at radius 1 is 1.06 bits per heavy atom. The number of carbonyl (C=O) groups excluding carboxylic acids is 1. The SMILES string of the molecule is CCn1cc(C(=O)/C=C/c2ccc(OC)c(COc3c(F)c(F)c(F)c(F)c3F)c2)c(C)n1. The van der Waals surface area contributed by atoms with Crippen molar-refractivity contribution < 1.29 is 36.2 Å². The number of hydrogen-bond acceptors (Lipinski definition) is 4. The van der Waals surface area contributed by atoms with Crippen LogP contribution in [-0.2, 0) is 13.2 Å². The maximum Gasteiger partial charge on any atom is 0.207 e. The number of rotatable bonds is 8. The smallest absolute Gasteiger partial charge is 0.207 e. The van der Waals surface area contributed by atoms with Crippen LogP contribution < -0.4 is 9.47 Å². The monoisotopic (exact) mass is 466 g/mol.